The molecule has 1 amide bonds. The summed E-state index contributed by atoms with van der Waals surface area (Å²) in [6.45, 7) is 0.842. The summed E-state index contributed by atoms with van der Waals surface area (Å²) in [5.41, 5.74) is -0.0446. The third-order valence-electron chi connectivity index (χ3n) is 3.50. The summed E-state index contributed by atoms with van der Waals surface area (Å²) in [4.78, 5) is 14.6. The quantitative estimate of drug-likeness (QED) is 0.628. The Balaban J connectivity index is 1.90. The molecule has 0 aliphatic carbocycles. The molecule has 21 heavy (non-hydrogen) atoms. The van der Waals surface area contributed by atoms with Crippen LogP contribution in [0.2, 0.25) is 5.02 Å². The monoisotopic (exact) mass is 315 g/mol. The van der Waals surface area contributed by atoms with Crippen molar-refractivity contribution in [3.05, 3.63) is 34.5 Å². The minimum Gasteiger partial charge on any atom is -0.390 e. The van der Waals surface area contributed by atoms with Gasteiger partial charge in [0.2, 0.25) is 0 Å². The van der Waals surface area contributed by atoms with Crippen molar-refractivity contribution in [2.24, 2.45) is 0 Å². The Kier molecular flexibility index (Phi) is 3.56. The number of H-pyrrole nitrogens is 1. The second-order valence-corrected chi connectivity index (χ2v) is 5.35. The van der Waals surface area contributed by atoms with Crippen LogP contribution in [0.25, 0.3) is 10.9 Å². The van der Waals surface area contributed by atoms with Crippen LogP contribution in [0.3, 0.4) is 0 Å². The predicted molar refractivity (Wildman–Crippen MR) is 73.4 cm³/mol. The van der Waals surface area contributed by atoms with Crippen molar-refractivity contribution in [1.29, 1.82) is 0 Å². The molecule has 1 aliphatic rings. The molecule has 0 bridgehead atoms. The normalized spacial score (nSPS) is 21.9. The first-order valence-electron chi connectivity index (χ1n) is 6.33. The highest BCUT2D eigenvalue weighted by atomic mass is 35.5. The van der Waals surface area contributed by atoms with Gasteiger partial charge in [0.05, 0.1) is 22.7 Å². The van der Waals surface area contributed by atoms with Crippen LogP contribution in [0.4, 0.5) is 8.78 Å². The Bertz CT molecular complexity index is 719. The molecule has 1 fully saturated rings. The Morgan fingerprint density at radius 1 is 1.33 bits per heavy atom. The Hall–Kier alpha value is -1.70. The van der Waals surface area contributed by atoms with Crippen LogP contribution in [-0.2, 0) is 0 Å². The highest BCUT2D eigenvalue weighted by molar-refractivity contribution is 6.31. The molecule has 0 spiro atoms. The topological polar surface area (TPSA) is 77.2 Å². The molecule has 1 aliphatic heterocycles. The molecule has 1 aromatic carbocycles. The standard InChI is InChI=1S/C13H12ClF2N3O2/c14-6-1-5-2-7(18-12(5)11(16)10(6)15)13(21)19-8-3-17-4-9(8)20/h1-2,8-9,17-18,20H,3-4H2,(H,19,21)/t8-,9-/m0/s1. The lowest BCUT2D eigenvalue weighted by atomic mass is 10.2. The van der Waals surface area contributed by atoms with Crippen molar-refractivity contribution in [2.75, 3.05) is 13.1 Å². The molecule has 2 atom stereocenters. The second kappa shape index (κ2) is 5.25. The number of hydrogen-bond acceptors (Lipinski definition) is 3. The second-order valence-electron chi connectivity index (χ2n) is 4.94. The SMILES string of the molecule is O=C(N[C@H]1CNC[C@@H]1O)c1cc2cc(Cl)c(F)c(F)c2[nH]1. The van der Waals surface area contributed by atoms with Crippen LogP contribution in [0.5, 0.6) is 0 Å². The lowest BCUT2D eigenvalue weighted by Gasteiger charge is -2.14. The van der Waals surface area contributed by atoms with E-state index in [2.05, 4.69) is 15.6 Å². The number of carbonyl (C=O) groups is 1. The number of benzene rings is 1. The highest BCUT2D eigenvalue weighted by Crippen LogP contribution is 2.27. The number of aliphatic hydroxyl groups excluding tert-OH is 1. The van der Waals surface area contributed by atoms with Gasteiger partial charge in [0.15, 0.2) is 11.6 Å². The maximum absolute atomic E-state index is 13.7. The molecule has 3 rings (SSSR count). The van der Waals surface area contributed by atoms with Crippen LogP contribution < -0.4 is 10.6 Å². The molecular weight excluding hydrogens is 304 g/mol. The average Bonchev–Trinajstić information content (AvgIpc) is 3.03. The molecule has 0 saturated carbocycles. The van der Waals surface area contributed by atoms with Gasteiger partial charge in [-0.25, -0.2) is 8.78 Å². The number of nitrogens with one attached hydrogen (secondary N) is 3. The van der Waals surface area contributed by atoms with E-state index >= 15 is 0 Å². The van der Waals surface area contributed by atoms with Gasteiger partial charge in [-0.15, -0.1) is 0 Å². The largest absolute Gasteiger partial charge is 0.390 e. The minimum absolute atomic E-state index is 0.0738. The van der Waals surface area contributed by atoms with E-state index in [1.54, 1.807) is 0 Å². The highest BCUT2D eigenvalue weighted by Gasteiger charge is 2.27. The van der Waals surface area contributed by atoms with Crippen molar-refractivity contribution >= 4 is 28.4 Å². The molecule has 1 saturated heterocycles. The fourth-order valence-corrected chi connectivity index (χ4v) is 2.56. The van der Waals surface area contributed by atoms with Gasteiger partial charge in [0, 0.05) is 18.5 Å². The van der Waals surface area contributed by atoms with Crippen LogP contribution in [0.1, 0.15) is 10.5 Å². The summed E-state index contributed by atoms with van der Waals surface area (Å²) >= 11 is 5.57. The fourth-order valence-electron chi connectivity index (χ4n) is 2.36. The fraction of sp³-hybridized carbons (Fsp3) is 0.308. The molecular formula is C13H12ClF2N3O2. The van der Waals surface area contributed by atoms with Crippen LogP contribution in [0.15, 0.2) is 12.1 Å². The van der Waals surface area contributed by atoms with Gasteiger partial charge < -0.3 is 20.7 Å². The zero-order valence-corrected chi connectivity index (χ0v) is 11.5. The predicted octanol–water partition coefficient (Wildman–Crippen LogP) is 1.16. The zero-order chi connectivity index (χ0) is 15.1. The van der Waals surface area contributed by atoms with Crippen LogP contribution in [-0.4, -0.2) is 41.2 Å². The van der Waals surface area contributed by atoms with Gasteiger partial charge in [-0.2, -0.15) is 0 Å². The number of aromatic amines is 1. The van der Waals surface area contributed by atoms with E-state index in [4.69, 9.17) is 11.6 Å². The minimum atomic E-state index is -1.16. The first kappa shape index (κ1) is 14.2. The summed E-state index contributed by atoms with van der Waals surface area (Å²) in [5, 5.41) is 15.1. The van der Waals surface area contributed by atoms with Crippen LogP contribution in [0, 0.1) is 11.6 Å². The van der Waals surface area contributed by atoms with E-state index in [0.29, 0.717) is 18.5 Å². The molecule has 2 aromatic rings. The lowest BCUT2D eigenvalue weighted by molar-refractivity contribution is 0.0884. The molecule has 4 N–H and O–H groups in total. The lowest BCUT2D eigenvalue weighted by Crippen LogP contribution is -2.42. The Morgan fingerprint density at radius 2 is 2.10 bits per heavy atom. The summed E-state index contributed by atoms with van der Waals surface area (Å²) in [6, 6.07) is 2.21. The smallest absolute Gasteiger partial charge is 0.268 e. The van der Waals surface area contributed by atoms with E-state index in [1.165, 1.54) is 12.1 Å². The van der Waals surface area contributed by atoms with E-state index in [1.807, 2.05) is 0 Å². The summed E-state index contributed by atoms with van der Waals surface area (Å²) in [6.07, 6.45) is -0.679. The maximum atomic E-state index is 13.7. The van der Waals surface area contributed by atoms with Crippen molar-refractivity contribution < 1.29 is 18.7 Å². The number of fused-ring (bicyclic) bond motifs is 1. The van der Waals surface area contributed by atoms with E-state index in [0.717, 1.165) is 0 Å². The van der Waals surface area contributed by atoms with Crippen molar-refractivity contribution in [3.63, 3.8) is 0 Å². The van der Waals surface area contributed by atoms with Gasteiger partial charge >= 0.3 is 0 Å². The third kappa shape index (κ3) is 2.48. The van der Waals surface area contributed by atoms with Gasteiger partial charge in [-0.05, 0) is 12.1 Å². The number of hydrogen-bond donors (Lipinski definition) is 4. The van der Waals surface area contributed by atoms with Crippen LogP contribution >= 0.6 is 11.6 Å². The van der Waals surface area contributed by atoms with Gasteiger partial charge in [0.25, 0.3) is 5.91 Å². The van der Waals surface area contributed by atoms with Gasteiger partial charge in [-0.1, -0.05) is 11.6 Å². The molecule has 112 valence electrons. The number of carbonyl (C=O) groups excluding carboxylic acids is 1. The van der Waals surface area contributed by atoms with Crippen molar-refractivity contribution in [2.45, 2.75) is 12.1 Å². The van der Waals surface area contributed by atoms with Crippen molar-refractivity contribution in [3.8, 4) is 0 Å². The number of halogens is 3. The summed E-state index contributed by atoms with van der Waals surface area (Å²) in [7, 11) is 0. The maximum Gasteiger partial charge on any atom is 0.268 e. The molecule has 8 heteroatoms. The molecule has 0 radical (unpaired) electrons. The number of β-amino-alcohol motifs (C(OH)–C–C–N with tert-alkyl or cyclic N) is 1. The third-order valence-corrected chi connectivity index (χ3v) is 3.77. The average molecular weight is 316 g/mol. The Labute approximate surface area is 123 Å². The van der Waals surface area contributed by atoms with Gasteiger partial charge in [-0.3, -0.25) is 4.79 Å². The first-order valence-corrected chi connectivity index (χ1v) is 6.71. The number of rotatable bonds is 2. The summed E-state index contributed by atoms with van der Waals surface area (Å²) < 4.78 is 27.1. The number of aliphatic hydroxyl groups is 1. The molecule has 0 unspecified atom stereocenters. The number of amides is 1. The molecule has 5 nitrogen and oxygen atoms in total. The Morgan fingerprint density at radius 3 is 2.76 bits per heavy atom. The van der Waals surface area contributed by atoms with E-state index in [9.17, 15) is 18.7 Å². The molecule has 2 heterocycles. The number of aromatic nitrogens is 1. The van der Waals surface area contributed by atoms with E-state index < -0.39 is 29.7 Å². The van der Waals surface area contributed by atoms with E-state index in [-0.39, 0.29) is 16.2 Å². The first-order chi connectivity index (χ1) is 9.97. The zero-order valence-electron chi connectivity index (χ0n) is 10.7. The molecule has 1 aromatic heterocycles. The van der Waals surface area contributed by atoms with Crippen molar-refractivity contribution in [1.82, 2.24) is 15.6 Å². The summed E-state index contributed by atoms with van der Waals surface area (Å²) in [5.74, 6) is -2.79. The van der Waals surface area contributed by atoms with Gasteiger partial charge in [0.1, 0.15) is 5.69 Å².